The van der Waals surface area contributed by atoms with Crippen LogP contribution in [0.1, 0.15) is 81.0 Å². The van der Waals surface area contributed by atoms with Crippen LogP contribution >= 0.6 is 0 Å². The van der Waals surface area contributed by atoms with Crippen LogP contribution in [0.25, 0.3) is 5.57 Å². The van der Waals surface area contributed by atoms with Gasteiger partial charge in [-0.15, -0.1) is 0 Å². The maximum absolute atomic E-state index is 4.46. The Kier molecular flexibility index (Phi) is 8.55. The van der Waals surface area contributed by atoms with Gasteiger partial charge in [0.25, 0.3) is 0 Å². The molecule has 0 amide bonds. The number of hydrogen-bond donors (Lipinski definition) is 0. The van der Waals surface area contributed by atoms with E-state index in [9.17, 15) is 0 Å². The van der Waals surface area contributed by atoms with Gasteiger partial charge in [0.2, 0.25) is 0 Å². The summed E-state index contributed by atoms with van der Waals surface area (Å²) < 4.78 is 0. The molecular formula is C28H39N. The summed E-state index contributed by atoms with van der Waals surface area (Å²) in [6.45, 7) is 12.4. The van der Waals surface area contributed by atoms with Crippen LogP contribution in [0, 0.1) is 5.92 Å². The molecule has 0 saturated heterocycles. The van der Waals surface area contributed by atoms with Crippen LogP contribution in [0.15, 0.2) is 55.1 Å². The second kappa shape index (κ2) is 11.4. The van der Waals surface area contributed by atoms with Crippen molar-refractivity contribution in [1.29, 1.82) is 0 Å². The average molecular weight is 390 g/mol. The number of allylic oxidation sites excluding steroid dienone is 1. The minimum absolute atomic E-state index is 0.865. The standard InChI is InChI=1S/C28H39N/c1-4-10-24(11-5-2)16-15-23(3)27-18-17-26-14-9-19-29(22-28(26)20-27)21-25-12-7-6-8-13-25/h6-8,12-13,17-18,20,24H,3-5,9-11,14-16,19,21-22H2,1-2H3. The van der Waals surface area contributed by atoms with Crippen molar-refractivity contribution in [2.75, 3.05) is 6.54 Å². The van der Waals surface area contributed by atoms with Crippen molar-refractivity contribution in [3.05, 3.63) is 77.4 Å². The van der Waals surface area contributed by atoms with E-state index in [2.05, 4.69) is 73.9 Å². The zero-order chi connectivity index (χ0) is 20.5. The fraction of sp³-hybridized carbons (Fsp3) is 0.500. The van der Waals surface area contributed by atoms with E-state index in [1.807, 2.05) is 0 Å². The maximum atomic E-state index is 4.46. The van der Waals surface area contributed by atoms with Crippen LogP contribution in [-0.4, -0.2) is 11.4 Å². The van der Waals surface area contributed by atoms with Crippen molar-refractivity contribution >= 4 is 5.57 Å². The largest absolute Gasteiger partial charge is 0.295 e. The lowest BCUT2D eigenvalue weighted by Crippen LogP contribution is -2.22. The van der Waals surface area contributed by atoms with Gasteiger partial charge in [-0.2, -0.15) is 0 Å². The molecule has 0 radical (unpaired) electrons. The first kappa shape index (κ1) is 21.8. The molecule has 2 aromatic carbocycles. The van der Waals surface area contributed by atoms with E-state index >= 15 is 0 Å². The zero-order valence-corrected chi connectivity index (χ0v) is 18.6. The van der Waals surface area contributed by atoms with Crippen LogP contribution in [0.3, 0.4) is 0 Å². The van der Waals surface area contributed by atoms with E-state index in [0.717, 1.165) is 25.4 Å². The maximum Gasteiger partial charge on any atom is 0.0240 e. The highest BCUT2D eigenvalue weighted by Crippen LogP contribution is 2.28. The number of rotatable bonds is 10. The van der Waals surface area contributed by atoms with Gasteiger partial charge in [-0.25, -0.2) is 0 Å². The van der Waals surface area contributed by atoms with Crippen molar-refractivity contribution in [2.45, 2.75) is 78.3 Å². The Hall–Kier alpha value is -1.86. The number of fused-ring (bicyclic) bond motifs is 1. The lowest BCUT2D eigenvalue weighted by Gasteiger charge is -2.21. The Bertz CT molecular complexity index is 755. The Balaban J connectivity index is 1.65. The quantitative estimate of drug-likeness (QED) is 0.403. The van der Waals surface area contributed by atoms with Crippen LogP contribution in [-0.2, 0) is 19.5 Å². The van der Waals surface area contributed by atoms with Gasteiger partial charge in [0.05, 0.1) is 0 Å². The summed E-state index contributed by atoms with van der Waals surface area (Å²) >= 11 is 0. The smallest absolute Gasteiger partial charge is 0.0240 e. The highest BCUT2D eigenvalue weighted by molar-refractivity contribution is 5.64. The minimum Gasteiger partial charge on any atom is -0.295 e. The molecule has 0 aromatic heterocycles. The summed E-state index contributed by atoms with van der Waals surface area (Å²) in [5.41, 5.74) is 7.14. The number of hydrogen-bond acceptors (Lipinski definition) is 1. The van der Waals surface area contributed by atoms with Gasteiger partial charge in [0.15, 0.2) is 0 Å². The summed E-state index contributed by atoms with van der Waals surface area (Å²) in [4.78, 5) is 2.60. The van der Waals surface area contributed by atoms with E-state index in [1.54, 1.807) is 0 Å². The third-order valence-corrected chi connectivity index (χ3v) is 6.43. The highest BCUT2D eigenvalue weighted by atomic mass is 15.1. The first-order valence-electron chi connectivity index (χ1n) is 11.8. The Morgan fingerprint density at radius 1 is 0.966 bits per heavy atom. The average Bonchev–Trinajstić information content (AvgIpc) is 2.94. The summed E-state index contributed by atoms with van der Waals surface area (Å²) in [5, 5.41) is 0. The molecule has 156 valence electrons. The second-order valence-electron chi connectivity index (χ2n) is 8.87. The molecule has 0 fully saturated rings. The van der Waals surface area contributed by atoms with Gasteiger partial charge in [-0.1, -0.05) is 88.6 Å². The van der Waals surface area contributed by atoms with Crippen molar-refractivity contribution in [2.24, 2.45) is 5.92 Å². The molecule has 0 unspecified atom stereocenters. The number of nitrogens with zero attached hydrogens (tertiary/aromatic N) is 1. The van der Waals surface area contributed by atoms with Crippen LogP contribution in [0.2, 0.25) is 0 Å². The Morgan fingerprint density at radius 2 is 1.72 bits per heavy atom. The van der Waals surface area contributed by atoms with Gasteiger partial charge >= 0.3 is 0 Å². The van der Waals surface area contributed by atoms with E-state index in [4.69, 9.17) is 0 Å². The molecule has 1 aliphatic rings. The van der Waals surface area contributed by atoms with Crippen molar-refractivity contribution < 1.29 is 0 Å². The van der Waals surface area contributed by atoms with Crippen molar-refractivity contribution in [3.63, 3.8) is 0 Å². The molecule has 0 aliphatic carbocycles. The Morgan fingerprint density at radius 3 is 2.45 bits per heavy atom. The third kappa shape index (κ3) is 6.57. The summed E-state index contributed by atoms with van der Waals surface area (Å²) in [7, 11) is 0. The van der Waals surface area contributed by atoms with Gasteiger partial charge in [0.1, 0.15) is 0 Å². The topological polar surface area (TPSA) is 3.24 Å². The SMILES string of the molecule is C=C(CCC(CCC)CCC)c1ccc2c(c1)CN(Cc1ccccc1)CCC2. The lowest BCUT2D eigenvalue weighted by atomic mass is 9.89. The molecule has 1 heteroatoms. The van der Waals surface area contributed by atoms with Gasteiger partial charge < -0.3 is 0 Å². The lowest BCUT2D eigenvalue weighted by molar-refractivity contribution is 0.261. The van der Waals surface area contributed by atoms with Crippen molar-refractivity contribution in [3.8, 4) is 0 Å². The fourth-order valence-corrected chi connectivity index (χ4v) is 4.80. The summed E-state index contributed by atoms with van der Waals surface area (Å²) in [5.74, 6) is 0.865. The normalized spacial score (nSPS) is 14.6. The monoisotopic (exact) mass is 389 g/mol. The molecule has 1 aliphatic heterocycles. The molecule has 1 nitrogen and oxygen atoms in total. The Labute approximate surface area is 178 Å². The highest BCUT2D eigenvalue weighted by Gasteiger charge is 2.16. The third-order valence-electron chi connectivity index (χ3n) is 6.43. The molecule has 2 aromatic rings. The summed E-state index contributed by atoms with van der Waals surface area (Å²) in [6, 6.07) is 18.0. The molecular weight excluding hydrogens is 350 g/mol. The van der Waals surface area contributed by atoms with Gasteiger partial charge in [0, 0.05) is 13.1 Å². The van der Waals surface area contributed by atoms with E-state index in [0.29, 0.717) is 0 Å². The molecule has 3 rings (SSSR count). The van der Waals surface area contributed by atoms with Crippen LogP contribution in [0.4, 0.5) is 0 Å². The first-order chi connectivity index (χ1) is 14.2. The molecule has 0 N–H and O–H groups in total. The van der Waals surface area contributed by atoms with E-state index in [1.165, 1.54) is 79.3 Å². The number of aryl methyl sites for hydroxylation is 1. The molecule has 29 heavy (non-hydrogen) atoms. The van der Waals surface area contributed by atoms with Crippen molar-refractivity contribution in [1.82, 2.24) is 4.90 Å². The van der Waals surface area contributed by atoms with Gasteiger partial charge in [-0.05, 0) is 72.0 Å². The molecule has 0 atom stereocenters. The van der Waals surface area contributed by atoms with E-state index < -0.39 is 0 Å². The predicted molar refractivity (Wildman–Crippen MR) is 127 cm³/mol. The van der Waals surface area contributed by atoms with E-state index in [-0.39, 0.29) is 0 Å². The minimum atomic E-state index is 0.865. The fourth-order valence-electron chi connectivity index (χ4n) is 4.80. The molecule has 0 spiro atoms. The van der Waals surface area contributed by atoms with Crippen LogP contribution in [0.5, 0.6) is 0 Å². The first-order valence-corrected chi connectivity index (χ1v) is 11.8. The predicted octanol–water partition coefficient (Wildman–Crippen LogP) is 7.64. The molecule has 0 bridgehead atoms. The number of benzene rings is 2. The van der Waals surface area contributed by atoms with Gasteiger partial charge in [-0.3, -0.25) is 4.90 Å². The molecule has 1 heterocycles. The summed E-state index contributed by atoms with van der Waals surface area (Å²) in [6.07, 6.45) is 10.2. The zero-order valence-electron chi connectivity index (χ0n) is 18.6. The molecule has 0 saturated carbocycles. The second-order valence-corrected chi connectivity index (χ2v) is 8.87. The van der Waals surface area contributed by atoms with Crippen LogP contribution < -0.4 is 0 Å².